The van der Waals surface area contributed by atoms with Crippen molar-refractivity contribution >= 4 is 99.0 Å². The van der Waals surface area contributed by atoms with Crippen LogP contribution in [0.4, 0.5) is 5.69 Å². The van der Waals surface area contributed by atoms with Crippen molar-refractivity contribution in [3.63, 3.8) is 0 Å². The van der Waals surface area contributed by atoms with Crippen molar-refractivity contribution in [2.45, 2.75) is 34.0 Å². The van der Waals surface area contributed by atoms with E-state index in [1.807, 2.05) is 30.3 Å². The topological polar surface area (TPSA) is 84.0 Å². The number of esters is 1. The van der Waals surface area contributed by atoms with Gasteiger partial charge in [-0.3, -0.25) is 19.2 Å². The van der Waals surface area contributed by atoms with E-state index in [2.05, 4.69) is 0 Å². The van der Waals surface area contributed by atoms with Crippen molar-refractivity contribution in [1.29, 1.82) is 0 Å². The van der Waals surface area contributed by atoms with E-state index >= 15 is 0 Å². The van der Waals surface area contributed by atoms with Crippen LogP contribution in [0.3, 0.4) is 0 Å². The van der Waals surface area contributed by atoms with Crippen LogP contribution in [-0.4, -0.2) is 49.2 Å². The number of alkyl halides is 4. The molecule has 2 bridgehead atoms. The highest BCUT2D eigenvalue weighted by Crippen LogP contribution is 2.77. The lowest BCUT2D eigenvalue weighted by Gasteiger charge is -2.34. The van der Waals surface area contributed by atoms with Crippen molar-refractivity contribution in [2.24, 2.45) is 17.8 Å². The van der Waals surface area contributed by atoms with Crippen molar-refractivity contribution in [3.05, 3.63) is 69.7 Å². The molecule has 41 heavy (non-hydrogen) atoms. The number of hydrogen-bond donors (Lipinski definition) is 0. The number of anilines is 1. The molecule has 7 nitrogen and oxygen atoms in total. The maximum absolute atomic E-state index is 13.7. The van der Waals surface area contributed by atoms with Crippen LogP contribution in [0, 0.1) is 24.7 Å². The number of carbonyl (C=O) groups is 4. The zero-order chi connectivity index (χ0) is 29.6. The SMILES string of the molecule is Cc1cc(OC(=O)[C@@H]2CC(=O)N(Cc3ccccc3)C2)ccc1N1C(=O)[C@H]2[C@H](C1=O)[C@@]1(Cl)C(Cl)=C(Cl)[C@@]2(Cl)C1(Cl)Cl. The van der Waals surface area contributed by atoms with Crippen LogP contribution in [-0.2, 0) is 25.7 Å². The summed E-state index contributed by atoms with van der Waals surface area (Å²) in [5, 5.41) is -0.339. The molecule has 0 N–H and O–H groups in total. The second-order valence-corrected chi connectivity index (χ2v) is 13.9. The molecule has 2 aromatic rings. The van der Waals surface area contributed by atoms with Crippen LogP contribution < -0.4 is 9.64 Å². The van der Waals surface area contributed by atoms with Gasteiger partial charge in [0.2, 0.25) is 17.7 Å². The Bertz CT molecular complexity index is 1520. The number of allylic oxidation sites excluding steroid dienone is 2. The zero-order valence-electron chi connectivity index (χ0n) is 21.2. The van der Waals surface area contributed by atoms with Crippen molar-refractivity contribution in [1.82, 2.24) is 4.90 Å². The quantitative estimate of drug-likeness (QED) is 0.171. The molecular weight excluding hydrogens is 657 g/mol. The molecule has 2 aliphatic heterocycles. The summed E-state index contributed by atoms with van der Waals surface area (Å²) in [4.78, 5) is 51.5. The fourth-order valence-corrected chi connectivity index (χ4v) is 9.19. The van der Waals surface area contributed by atoms with E-state index in [1.165, 1.54) is 18.2 Å². The zero-order valence-corrected chi connectivity index (χ0v) is 25.7. The fraction of sp³-hybridized carbons (Fsp3) is 0.357. The largest absolute Gasteiger partial charge is 0.426 e. The number of amides is 3. The van der Waals surface area contributed by atoms with Crippen molar-refractivity contribution in [2.75, 3.05) is 11.4 Å². The predicted octanol–water partition coefficient (Wildman–Crippen LogP) is 5.90. The molecule has 3 fully saturated rings. The minimum atomic E-state index is -2.02. The molecule has 3 amide bonds. The van der Waals surface area contributed by atoms with E-state index in [0.29, 0.717) is 12.1 Å². The van der Waals surface area contributed by atoms with E-state index in [0.717, 1.165) is 10.5 Å². The number of imide groups is 1. The molecule has 0 radical (unpaired) electrons. The molecule has 2 aromatic carbocycles. The van der Waals surface area contributed by atoms with Crippen LogP contribution in [0.5, 0.6) is 5.75 Å². The maximum Gasteiger partial charge on any atom is 0.316 e. The molecule has 2 aliphatic carbocycles. The molecule has 4 aliphatic rings. The van der Waals surface area contributed by atoms with Gasteiger partial charge in [0.15, 0.2) is 4.33 Å². The first-order valence-corrected chi connectivity index (χ1v) is 14.9. The molecule has 1 saturated carbocycles. The Labute approximate surface area is 265 Å². The highest BCUT2D eigenvalue weighted by Gasteiger charge is 2.87. The van der Waals surface area contributed by atoms with Crippen molar-refractivity contribution in [3.8, 4) is 5.75 Å². The number of fused-ring (bicyclic) bond motifs is 5. The summed E-state index contributed by atoms with van der Waals surface area (Å²) in [6.07, 6.45) is 0.0461. The molecule has 6 rings (SSSR count). The van der Waals surface area contributed by atoms with Crippen LogP contribution >= 0.6 is 69.6 Å². The van der Waals surface area contributed by atoms with Gasteiger partial charge in [0.1, 0.15) is 15.5 Å². The number of rotatable bonds is 5. The number of carbonyl (C=O) groups excluding carboxylic acids is 4. The first-order chi connectivity index (χ1) is 19.2. The highest BCUT2D eigenvalue weighted by molar-refractivity contribution is 6.67. The monoisotopic (exact) mass is 674 g/mol. The number of hydrogen-bond acceptors (Lipinski definition) is 5. The van der Waals surface area contributed by atoms with E-state index in [4.69, 9.17) is 74.3 Å². The Kier molecular flexibility index (Phi) is 6.93. The molecule has 0 aromatic heterocycles. The van der Waals surface area contributed by atoms with E-state index in [-0.39, 0.29) is 40.4 Å². The molecular formula is C28H20Cl6N2O5. The molecule has 5 atom stereocenters. The van der Waals surface area contributed by atoms with Gasteiger partial charge >= 0.3 is 5.97 Å². The Hall–Kier alpha value is -2.00. The lowest BCUT2D eigenvalue weighted by atomic mass is 9.84. The summed E-state index contributed by atoms with van der Waals surface area (Å²) >= 11 is 39.4. The van der Waals surface area contributed by atoms with Gasteiger partial charge in [-0.1, -0.05) is 76.7 Å². The lowest BCUT2D eigenvalue weighted by Crippen LogP contribution is -2.50. The highest BCUT2D eigenvalue weighted by atomic mass is 35.5. The Morgan fingerprint density at radius 2 is 1.51 bits per heavy atom. The first kappa shape index (κ1) is 29.1. The number of nitrogens with zero attached hydrogens (tertiary/aromatic N) is 2. The standard InChI is InChI=1S/C28H20Cl6N2O5/c1-13-9-16(41-25(40)15-10-18(37)35(12-15)11-14-5-3-2-4-6-14)7-8-17(13)36-23(38)19-20(24(36)39)27(32)22(30)21(29)26(19,31)28(27,33)34/h2-9,15,19-20H,10-12H2,1H3/t15-,19-,20-,26-,27-/m1/s1. The van der Waals surface area contributed by atoms with Crippen LogP contribution in [0.25, 0.3) is 0 Å². The summed E-state index contributed by atoms with van der Waals surface area (Å²) in [5.41, 5.74) is 1.66. The second-order valence-electron chi connectivity index (χ2n) is 10.6. The molecule has 214 valence electrons. The average molecular weight is 677 g/mol. The second kappa shape index (κ2) is 9.76. The van der Waals surface area contributed by atoms with Gasteiger partial charge in [-0.05, 0) is 36.2 Å². The average Bonchev–Trinajstić information content (AvgIpc) is 3.50. The van der Waals surface area contributed by atoms with E-state index in [9.17, 15) is 19.2 Å². The first-order valence-electron chi connectivity index (χ1n) is 12.6. The Balaban J connectivity index is 1.19. The summed E-state index contributed by atoms with van der Waals surface area (Å²) in [6.45, 7) is 2.30. The van der Waals surface area contributed by atoms with Gasteiger partial charge in [0, 0.05) is 19.5 Å². The summed E-state index contributed by atoms with van der Waals surface area (Å²) in [7, 11) is 0. The van der Waals surface area contributed by atoms with E-state index < -0.39 is 49.6 Å². The molecule has 13 heteroatoms. The third kappa shape index (κ3) is 3.86. The van der Waals surface area contributed by atoms with Gasteiger partial charge in [-0.25, -0.2) is 4.90 Å². The van der Waals surface area contributed by atoms with Crippen LogP contribution in [0.15, 0.2) is 58.6 Å². The molecule has 0 unspecified atom stereocenters. The fourth-order valence-electron chi connectivity index (χ4n) is 6.26. The van der Waals surface area contributed by atoms with Crippen LogP contribution in [0.1, 0.15) is 17.5 Å². The number of ether oxygens (including phenoxy) is 1. The summed E-state index contributed by atoms with van der Waals surface area (Å²) < 4.78 is 3.56. The van der Waals surface area contributed by atoms with Gasteiger partial charge in [-0.15, -0.1) is 23.2 Å². The molecule has 0 spiro atoms. The smallest absolute Gasteiger partial charge is 0.316 e. The summed E-state index contributed by atoms with van der Waals surface area (Å²) in [5.74, 6) is -4.98. The Morgan fingerprint density at radius 3 is 2.07 bits per heavy atom. The number of benzene rings is 2. The normalized spacial score (nSPS) is 31.9. The van der Waals surface area contributed by atoms with E-state index in [1.54, 1.807) is 11.8 Å². The van der Waals surface area contributed by atoms with Gasteiger partial charge in [-0.2, -0.15) is 0 Å². The third-order valence-electron chi connectivity index (χ3n) is 8.30. The van der Waals surface area contributed by atoms with Gasteiger partial charge in [0.25, 0.3) is 0 Å². The summed E-state index contributed by atoms with van der Waals surface area (Å²) in [6, 6.07) is 14.0. The molecule has 2 saturated heterocycles. The molecule has 2 heterocycles. The Morgan fingerprint density at radius 1 is 0.927 bits per heavy atom. The number of likely N-dealkylation sites (tertiary alicyclic amines) is 1. The minimum absolute atomic E-state index is 0.0461. The van der Waals surface area contributed by atoms with Gasteiger partial charge < -0.3 is 9.64 Å². The minimum Gasteiger partial charge on any atom is -0.426 e. The lowest BCUT2D eigenvalue weighted by molar-refractivity contribution is -0.139. The number of halogens is 6. The maximum atomic E-state index is 13.7. The number of aryl methyl sites for hydroxylation is 1. The third-order valence-corrected chi connectivity index (χ3v) is 12.6. The van der Waals surface area contributed by atoms with Gasteiger partial charge in [0.05, 0.1) is 33.5 Å². The van der Waals surface area contributed by atoms with Crippen molar-refractivity contribution < 1.29 is 23.9 Å². The predicted molar refractivity (Wildman–Crippen MR) is 157 cm³/mol. The van der Waals surface area contributed by atoms with Crippen LogP contribution in [0.2, 0.25) is 0 Å².